The first kappa shape index (κ1) is 17.8. The zero-order valence-corrected chi connectivity index (χ0v) is 15.1. The smallest absolute Gasteiger partial charge is 0.330 e. The highest BCUT2D eigenvalue weighted by atomic mass is 32.2. The average Bonchev–Trinajstić information content (AvgIpc) is 2.86. The molecule has 2 amide bonds. The quantitative estimate of drug-likeness (QED) is 0.593. The predicted molar refractivity (Wildman–Crippen MR) is 93.4 cm³/mol. The molecule has 134 valence electrons. The van der Waals surface area contributed by atoms with Crippen molar-refractivity contribution in [3.05, 3.63) is 35.9 Å². The van der Waals surface area contributed by atoms with E-state index < -0.39 is 34.7 Å². The first-order valence-electron chi connectivity index (χ1n) is 7.96. The van der Waals surface area contributed by atoms with Gasteiger partial charge in [-0.2, -0.15) is 0 Å². The summed E-state index contributed by atoms with van der Waals surface area (Å²) in [7, 11) is 1.30. The number of benzene rings is 1. The monoisotopic (exact) mass is 363 g/mol. The molecule has 0 aliphatic carbocycles. The van der Waals surface area contributed by atoms with Crippen LogP contribution in [0.25, 0.3) is 0 Å². The lowest BCUT2D eigenvalue weighted by Crippen LogP contribution is -2.71. The Labute approximate surface area is 150 Å². The minimum absolute atomic E-state index is 0.285. The molecule has 1 unspecified atom stereocenters. The largest absolute Gasteiger partial charge is 0.467 e. The Morgan fingerprint density at radius 3 is 2.56 bits per heavy atom. The molecule has 0 aromatic heterocycles. The van der Waals surface area contributed by atoms with E-state index in [0.717, 1.165) is 0 Å². The van der Waals surface area contributed by atoms with Crippen LogP contribution < -0.4 is 11.1 Å². The number of hydrogen-bond acceptors (Lipinski definition) is 6. The minimum Gasteiger partial charge on any atom is -0.467 e. The topological polar surface area (TPSA) is 102 Å². The Morgan fingerprint density at radius 1 is 1.32 bits per heavy atom. The third kappa shape index (κ3) is 2.89. The summed E-state index contributed by atoms with van der Waals surface area (Å²) >= 11 is 1.48. The zero-order chi connectivity index (χ0) is 18.4. The molecule has 0 saturated carbocycles. The Morgan fingerprint density at radius 2 is 1.96 bits per heavy atom. The van der Waals surface area contributed by atoms with Crippen LogP contribution in [-0.4, -0.2) is 52.0 Å². The molecule has 3 rings (SSSR count). The molecule has 7 nitrogen and oxygen atoms in total. The number of amides is 2. The van der Waals surface area contributed by atoms with Gasteiger partial charge < -0.3 is 20.7 Å². The standard InChI is InChI=1S/C17H21N3O4S/c1-17(2)12(16(23)24-3)20-14(22)11(15(20)25-17)19-13(21)10(18)9-7-5-4-6-8-9/h4-8,10-12,15H,18H2,1-3H3,(H,19,21)/t10-,11-,12+,15?/m1/s1. The summed E-state index contributed by atoms with van der Waals surface area (Å²) in [5.41, 5.74) is 6.66. The van der Waals surface area contributed by atoms with Gasteiger partial charge in [0.25, 0.3) is 0 Å². The molecular formula is C17H21N3O4S. The number of nitrogens with one attached hydrogen (secondary N) is 1. The van der Waals surface area contributed by atoms with Crippen LogP contribution in [0, 0.1) is 0 Å². The number of nitrogens with two attached hydrogens (primary N) is 1. The summed E-state index contributed by atoms with van der Waals surface area (Å²) in [6.07, 6.45) is 0. The number of carbonyl (C=O) groups excluding carboxylic acids is 3. The Hall–Kier alpha value is -2.06. The number of thioether (sulfide) groups is 1. The summed E-state index contributed by atoms with van der Waals surface area (Å²) < 4.78 is 4.34. The molecule has 2 heterocycles. The summed E-state index contributed by atoms with van der Waals surface area (Å²) in [5.74, 6) is -1.14. The maximum Gasteiger partial charge on any atom is 0.330 e. The van der Waals surface area contributed by atoms with Crippen LogP contribution >= 0.6 is 11.8 Å². The fourth-order valence-corrected chi connectivity index (χ4v) is 4.91. The lowest BCUT2D eigenvalue weighted by atomic mass is 9.95. The van der Waals surface area contributed by atoms with E-state index in [9.17, 15) is 14.4 Å². The van der Waals surface area contributed by atoms with Crippen molar-refractivity contribution in [1.29, 1.82) is 0 Å². The third-order valence-corrected chi connectivity index (χ3v) is 6.18. The summed E-state index contributed by atoms with van der Waals surface area (Å²) in [5, 5.41) is 2.43. The maximum atomic E-state index is 12.5. The van der Waals surface area contributed by atoms with Gasteiger partial charge in [-0.25, -0.2) is 4.79 Å². The molecule has 0 bridgehead atoms. The molecule has 2 fully saturated rings. The zero-order valence-electron chi connectivity index (χ0n) is 14.3. The van der Waals surface area contributed by atoms with Gasteiger partial charge in [0.05, 0.1) is 7.11 Å². The SMILES string of the molecule is COC(=O)[C@@H]1N2C(=O)[C@@H](NC(=O)[C@H](N)c3ccccc3)C2SC1(C)C. The number of fused-ring (bicyclic) bond motifs is 1. The van der Waals surface area contributed by atoms with Gasteiger partial charge in [0.1, 0.15) is 23.5 Å². The van der Waals surface area contributed by atoms with E-state index in [1.54, 1.807) is 24.3 Å². The van der Waals surface area contributed by atoms with Crippen molar-refractivity contribution in [2.45, 2.75) is 42.1 Å². The highest BCUT2D eigenvalue weighted by molar-refractivity contribution is 8.01. The number of carbonyl (C=O) groups is 3. The van der Waals surface area contributed by atoms with E-state index in [4.69, 9.17) is 10.5 Å². The first-order chi connectivity index (χ1) is 11.8. The van der Waals surface area contributed by atoms with Crippen molar-refractivity contribution >= 4 is 29.5 Å². The molecular weight excluding hydrogens is 342 g/mol. The number of hydrogen-bond donors (Lipinski definition) is 2. The van der Waals surface area contributed by atoms with E-state index in [-0.39, 0.29) is 11.3 Å². The summed E-state index contributed by atoms with van der Waals surface area (Å²) in [6, 6.07) is 6.78. The van der Waals surface area contributed by atoms with Gasteiger partial charge in [-0.05, 0) is 19.4 Å². The molecule has 3 N–H and O–H groups in total. The fourth-order valence-electron chi connectivity index (χ4n) is 3.29. The van der Waals surface area contributed by atoms with Gasteiger partial charge in [-0.3, -0.25) is 9.59 Å². The Bertz CT molecular complexity index is 709. The molecule has 8 heteroatoms. The number of rotatable bonds is 4. The molecule has 0 radical (unpaired) electrons. The van der Waals surface area contributed by atoms with Crippen LogP contribution in [0.3, 0.4) is 0 Å². The Kier molecular flexibility index (Phi) is 4.51. The van der Waals surface area contributed by atoms with E-state index in [0.29, 0.717) is 5.56 Å². The van der Waals surface area contributed by atoms with Gasteiger partial charge in [-0.1, -0.05) is 30.3 Å². The lowest BCUT2D eigenvalue weighted by Gasteiger charge is -2.44. The van der Waals surface area contributed by atoms with Crippen molar-refractivity contribution < 1.29 is 19.1 Å². The number of ether oxygens (including phenoxy) is 1. The van der Waals surface area contributed by atoms with E-state index in [2.05, 4.69) is 5.32 Å². The van der Waals surface area contributed by atoms with Crippen molar-refractivity contribution in [2.75, 3.05) is 7.11 Å². The highest BCUT2D eigenvalue weighted by Crippen LogP contribution is 2.51. The van der Waals surface area contributed by atoms with Gasteiger partial charge in [0.2, 0.25) is 11.8 Å². The fraction of sp³-hybridized carbons (Fsp3) is 0.471. The number of methoxy groups -OCH3 is 1. The molecule has 2 aliphatic heterocycles. The average molecular weight is 363 g/mol. The predicted octanol–water partition coefficient (Wildman–Crippen LogP) is 0.407. The van der Waals surface area contributed by atoms with Crippen LogP contribution in [0.1, 0.15) is 25.5 Å². The van der Waals surface area contributed by atoms with Gasteiger partial charge in [0, 0.05) is 4.75 Å². The second-order valence-electron chi connectivity index (χ2n) is 6.66. The van der Waals surface area contributed by atoms with Gasteiger partial charge in [-0.15, -0.1) is 11.8 Å². The molecule has 4 atom stereocenters. The summed E-state index contributed by atoms with van der Waals surface area (Å²) in [4.78, 5) is 38.5. The molecule has 2 aliphatic rings. The van der Waals surface area contributed by atoms with Crippen LogP contribution in [0.15, 0.2) is 30.3 Å². The van der Waals surface area contributed by atoms with Crippen molar-refractivity contribution in [3.63, 3.8) is 0 Å². The number of esters is 1. The van der Waals surface area contributed by atoms with E-state index in [1.807, 2.05) is 19.9 Å². The van der Waals surface area contributed by atoms with Crippen molar-refractivity contribution in [1.82, 2.24) is 10.2 Å². The van der Waals surface area contributed by atoms with Gasteiger partial charge >= 0.3 is 5.97 Å². The van der Waals surface area contributed by atoms with Crippen LogP contribution in [0.4, 0.5) is 0 Å². The van der Waals surface area contributed by atoms with Crippen LogP contribution in [-0.2, 0) is 19.1 Å². The molecule has 2 saturated heterocycles. The second-order valence-corrected chi connectivity index (χ2v) is 8.43. The van der Waals surface area contributed by atoms with E-state index in [1.165, 1.54) is 23.8 Å². The van der Waals surface area contributed by atoms with Crippen molar-refractivity contribution in [3.8, 4) is 0 Å². The normalized spacial score (nSPS) is 27.9. The Balaban J connectivity index is 1.71. The minimum atomic E-state index is -0.848. The van der Waals surface area contributed by atoms with Gasteiger partial charge in [0.15, 0.2) is 0 Å². The highest BCUT2D eigenvalue weighted by Gasteiger charge is 2.64. The van der Waals surface area contributed by atoms with Crippen LogP contribution in [0.5, 0.6) is 0 Å². The van der Waals surface area contributed by atoms with Crippen LogP contribution in [0.2, 0.25) is 0 Å². The van der Waals surface area contributed by atoms with E-state index >= 15 is 0 Å². The number of β-lactam (4-membered cyclic amide) rings is 1. The maximum absolute atomic E-state index is 12.5. The van der Waals surface area contributed by atoms with Crippen molar-refractivity contribution in [2.24, 2.45) is 5.73 Å². The lowest BCUT2D eigenvalue weighted by molar-refractivity contribution is -0.162. The summed E-state index contributed by atoms with van der Waals surface area (Å²) in [6.45, 7) is 3.78. The second kappa shape index (κ2) is 6.34. The molecule has 0 spiro atoms. The third-order valence-electron chi connectivity index (χ3n) is 4.60. The number of nitrogens with zero attached hydrogens (tertiary/aromatic N) is 1. The molecule has 1 aromatic carbocycles. The molecule has 1 aromatic rings. The molecule has 25 heavy (non-hydrogen) atoms. The first-order valence-corrected chi connectivity index (χ1v) is 8.84.